The molecule has 2 heterocycles. The average Bonchev–Trinajstić information content (AvgIpc) is 2.72. The van der Waals surface area contributed by atoms with E-state index in [9.17, 15) is 0 Å². The first-order valence-corrected chi connectivity index (χ1v) is 6.94. The van der Waals surface area contributed by atoms with Gasteiger partial charge >= 0.3 is 0 Å². The van der Waals surface area contributed by atoms with Gasteiger partial charge in [-0.3, -0.25) is 9.67 Å². The molecule has 3 aromatic rings. The van der Waals surface area contributed by atoms with Crippen LogP contribution in [0.2, 0.25) is 0 Å². The van der Waals surface area contributed by atoms with Crippen molar-refractivity contribution < 1.29 is 0 Å². The number of hydrogen-bond acceptors (Lipinski definition) is 4. The molecule has 0 aliphatic carbocycles. The standard InChI is InChI=1S/C16H19N5/c1-10-13(11(2)21(3)20-10)8-19-16-12-6-4-5-7-15(12)18-9-14(16)17/h4-7,9H,8,17H2,1-3H3,(H,18,19). The Morgan fingerprint density at radius 2 is 2.00 bits per heavy atom. The maximum atomic E-state index is 6.09. The summed E-state index contributed by atoms with van der Waals surface area (Å²) in [5, 5.41) is 8.93. The molecule has 0 unspecified atom stereocenters. The van der Waals surface area contributed by atoms with Crippen LogP contribution in [0, 0.1) is 13.8 Å². The van der Waals surface area contributed by atoms with Gasteiger partial charge < -0.3 is 11.1 Å². The normalized spacial score (nSPS) is 11.0. The lowest BCUT2D eigenvalue weighted by molar-refractivity contribution is 0.730. The molecule has 0 bridgehead atoms. The summed E-state index contributed by atoms with van der Waals surface area (Å²) >= 11 is 0. The van der Waals surface area contributed by atoms with Crippen molar-refractivity contribution in [1.29, 1.82) is 0 Å². The van der Waals surface area contributed by atoms with Gasteiger partial charge in [-0.1, -0.05) is 18.2 Å². The fourth-order valence-corrected chi connectivity index (χ4v) is 2.60. The lowest BCUT2D eigenvalue weighted by atomic mass is 10.1. The van der Waals surface area contributed by atoms with Gasteiger partial charge in [0.1, 0.15) is 0 Å². The first-order valence-electron chi connectivity index (χ1n) is 6.94. The Balaban J connectivity index is 1.97. The molecule has 5 heteroatoms. The number of nitrogen functional groups attached to an aromatic ring is 1. The van der Waals surface area contributed by atoms with Crippen molar-refractivity contribution in [2.24, 2.45) is 7.05 Å². The molecule has 0 aliphatic rings. The van der Waals surface area contributed by atoms with Crippen LogP contribution in [-0.4, -0.2) is 14.8 Å². The summed E-state index contributed by atoms with van der Waals surface area (Å²) in [5.74, 6) is 0. The molecule has 0 aliphatic heterocycles. The fraction of sp³-hybridized carbons (Fsp3) is 0.250. The molecule has 3 rings (SSSR count). The van der Waals surface area contributed by atoms with Gasteiger partial charge in [-0.05, 0) is 19.9 Å². The first kappa shape index (κ1) is 13.4. The van der Waals surface area contributed by atoms with Gasteiger partial charge in [-0.2, -0.15) is 5.10 Å². The number of pyridine rings is 1. The van der Waals surface area contributed by atoms with Crippen molar-refractivity contribution in [2.75, 3.05) is 11.1 Å². The summed E-state index contributed by atoms with van der Waals surface area (Å²) < 4.78 is 1.90. The number of nitrogens with zero attached hydrogens (tertiary/aromatic N) is 3. The predicted octanol–water partition coefficient (Wildman–Crippen LogP) is 2.78. The quantitative estimate of drug-likeness (QED) is 0.774. The molecule has 108 valence electrons. The van der Waals surface area contributed by atoms with E-state index in [2.05, 4.69) is 22.3 Å². The number of nitrogens with one attached hydrogen (secondary N) is 1. The van der Waals surface area contributed by atoms with E-state index >= 15 is 0 Å². The lowest BCUT2D eigenvalue weighted by Gasteiger charge is -2.12. The predicted molar refractivity (Wildman–Crippen MR) is 86.2 cm³/mol. The zero-order chi connectivity index (χ0) is 15.0. The van der Waals surface area contributed by atoms with Crippen molar-refractivity contribution in [3.05, 3.63) is 47.4 Å². The molecular weight excluding hydrogens is 262 g/mol. The monoisotopic (exact) mass is 281 g/mol. The third-order valence-corrected chi connectivity index (χ3v) is 3.91. The van der Waals surface area contributed by atoms with Crippen LogP contribution in [0.1, 0.15) is 17.0 Å². The summed E-state index contributed by atoms with van der Waals surface area (Å²) in [5.41, 5.74) is 12.0. The minimum absolute atomic E-state index is 0.660. The summed E-state index contributed by atoms with van der Waals surface area (Å²) in [4.78, 5) is 4.35. The first-order chi connectivity index (χ1) is 10.1. The summed E-state index contributed by atoms with van der Waals surface area (Å²) in [6, 6.07) is 7.99. The van der Waals surface area contributed by atoms with E-state index in [1.807, 2.05) is 42.9 Å². The summed E-state index contributed by atoms with van der Waals surface area (Å²) in [7, 11) is 1.96. The van der Waals surface area contributed by atoms with E-state index in [1.54, 1.807) is 6.20 Å². The zero-order valence-electron chi connectivity index (χ0n) is 12.5. The third-order valence-electron chi connectivity index (χ3n) is 3.91. The molecule has 5 nitrogen and oxygen atoms in total. The third kappa shape index (κ3) is 2.31. The van der Waals surface area contributed by atoms with E-state index in [0.717, 1.165) is 28.0 Å². The molecule has 0 atom stereocenters. The van der Waals surface area contributed by atoms with Crippen LogP contribution in [-0.2, 0) is 13.6 Å². The minimum atomic E-state index is 0.660. The molecule has 0 amide bonds. The number of aryl methyl sites for hydroxylation is 2. The highest BCUT2D eigenvalue weighted by molar-refractivity contribution is 5.96. The number of hydrogen-bond donors (Lipinski definition) is 2. The van der Waals surface area contributed by atoms with Crippen LogP contribution in [0.15, 0.2) is 30.5 Å². The van der Waals surface area contributed by atoms with Crippen LogP contribution in [0.5, 0.6) is 0 Å². The van der Waals surface area contributed by atoms with Crippen LogP contribution < -0.4 is 11.1 Å². The Labute approximate surface area is 123 Å². The fourth-order valence-electron chi connectivity index (χ4n) is 2.60. The Kier molecular flexibility index (Phi) is 3.25. The van der Waals surface area contributed by atoms with Crippen LogP contribution in [0.4, 0.5) is 11.4 Å². The maximum absolute atomic E-state index is 6.09. The molecule has 3 N–H and O–H groups in total. The molecule has 0 saturated heterocycles. The Morgan fingerprint density at radius 3 is 2.71 bits per heavy atom. The molecule has 1 aromatic carbocycles. The largest absolute Gasteiger partial charge is 0.396 e. The van der Waals surface area contributed by atoms with Gasteiger partial charge in [0.2, 0.25) is 0 Å². The highest BCUT2D eigenvalue weighted by Gasteiger charge is 2.11. The SMILES string of the molecule is Cc1nn(C)c(C)c1CNc1c(N)cnc2ccccc12. The van der Waals surface area contributed by atoms with Gasteiger partial charge in [0.05, 0.1) is 28.8 Å². The second-order valence-corrected chi connectivity index (χ2v) is 5.23. The van der Waals surface area contributed by atoms with Crippen molar-refractivity contribution in [2.45, 2.75) is 20.4 Å². The highest BCUT2D eigenvalue weighted by Crippen LogP contribution is 2.28. The summed E-state index contributed by atoms with van der Waals surface area (Å²) in [6.07, 6.45) is 1.70. The van der Waals surface area contributed by atoms with Crippen molar-refractivity contribution in [3.63, 3.8) is 0 Å². The number of para-hydroxylation sites is 1. The van der Waals surface area contributed by atoms with Gasteiger partial charge in [-0.25, -0.2) is 0 Å². The van der Waals surface area contributed by atoms with Crippen LogP contribution in [0.3, 0.4) is 0 Å². The topological polar surface area (TPSA) is 68.8 Å². The zero-order valence-corrected chi connectivity index (χ0v) is 12.5. The van der Waals surface area contributed by atoms with Crippen molar-refractivity contribution in [3.8, 4) is 0 Å². The molecule has 0 radical (unpaired) electrons. The lowest BCUT2D eigenvalue weighted by Crippen LogP contribution is -2.05. The molecule has 0 spiro atoms. The van der Waals surface area contributed by atoms with Gasteiger partial charge in [0.25, 0.3) is 0 Å². The van der Waals surface area contributed by atoms with E-state index < -0.39 is 0 Å². The average molecular weight is 281 g/mol. The highest BCUT2D eigenvalue weighted by atomic mass is 15.3. The molecule has 2 aromatic heterocycles. The smallest absolute Gasteiger partial charge is 0.0743 e. The van der Waals surface area contributed by atoms with Crippen molar-refractivity contribution >= 4 is 22.3 Å². The van der Waals surface area contributed by atoms with Gasteiger partial charge in [0.15, 0.2) is 0 Å². The molecular formula is C16H19N5. The minimum Gasteiger partial charge on any atom is -0.396 e. The van der Waals surface area contributed by atoms with E-state index in [0.29, 0.717) is 12.2 Å². The van der Waals surface area contributed by atoms with Crippen LogP contribution >= 0.6 is 0 Å². The number of anilines is 2. The number of nitrogens with two attached hydrogens (primary N) is 1. The number of aromatic nitrogens is 3. The number of fused-ring (bicyclic) bond motifs is 1. The molecule has 21 heavy (non-hydrogen) atoms. The van der Waals surface area contributed by atoms with Gasteiger partial charge in [0, 0.05) is 30.2 Å². The van der Waals surface area contributed by atoms with E-state index in [4.69, 9.17) is 5.73 Å². The molecule has 0 saturated carbocycles. The molecule has 0 fully saturated rings. The Hall–Kier alpha value is -2.56. The Bertz CT molecular complexity index is 804. The van der Waals surface area contributed by atoms with Gasteiger partial charge in [-0.15, -0.1) is 0 Å². The van der Waals surface area contributed by atoms with E-state index in [-0.39, 0.29) is 0 Å². The number of benzene rings is 1. The maximum Gasteiger partial charge on any atom is 0.0743 e. The van der Waals surface area contributed by atoms with Crippen LogP contribution in [0.25, 0.3) is 10.9 Å². The Morgan fingerprint density at radius 1 is 1.24 bits per heavy atom. The second kappa shape index (κ2) is 5.09. The summed E-state index contributed by atoms with van der Waals surface area (Å²) in [6.45, 7) is 4.80. The second-order valence-electron chi connectivity index (χ2n) is 5.23. The van der Waals surface area contributed by atoms with Crippen molar-refractivity contribution in [1.82, 2.24) is 14.8 Å². The number of rotatable bonds is 3. The van der Waals surface area contributed by atoms with E-state index in [1.165, 1.54) is 5.56 Å².